The van der Waals surface area contributed by atoms with Gasteiger partial charge in [-0.2, -0.15) is 5.26 Å². The van der Waals surface area contributed by atoms with Crippen molar-refractivity contribution in [3.05, 3.63) is 46.6 Å². The van der Waals surface area contributed by atoms with Crippen molar-refractivity contribution in [2.45, 2.75) is 39.4 Å². The van der Waals surface area contributed by atoms with Crippen LogP contribution in [0.15, 0.2) is 30.5 Å². The van der Waals surface area contributed by atoms with Gasteiger partial charge in [0.1, 0.15) is 11.7 Å². The molecule has 0 saturated carbocycles. The largest absolute Gasteiger partial charge is 0.473 e. The van der Waals surface area contributed by atoms with E-state index in [1.165, 1.54) is 0 Å². The van der Waals surface area contributed by atoms with E-state index in [9.17, 15) is 4.79 Å². The van der Waals surface area contributed by atoms with Gasteiger partial charge in [0, 0.05) is 42.4 Å². The van der Waals surface area contributed by atoms with Gasteiger partial charge in [0.25, 0.3) is 0 Å². The zero-order valence-corrected chi connectivity index (χ0v) is 20.6. The molecule has 4 rings (SSSR count). The second kappa shape index (κ2) is 9.69. The van der Waals surface area contributed by atoms with Crippen molar-refractivity contribution in [2.75, 3.05) is 31.6 Å². The van der Waals surface area contributed by atoms with E-state index in [2.05, 4.69) is 16.4 Å². The summed E-state index contributed by atoms with van der Waals surface area (Å²) in [7, 11) is 0. The molecule has 1 N–H and O–H groups in total. The summed E-state index contributed by atoms with van der Waals surface area (Å²) < 4.78 is 17.8. The molecule has 2 saturated heterocycles. The number of likely N-dealkylation sites (tertiary alicyclic amines) is 1. The van der Waals surface area contributed by atoms with Gasteiger partial charge in [0.05, 0.1) is 35.6 Å². The number of benzene rings is 1. The quantitative estimate of drug-likeness (QED) is 0.657. The molecule has 0 radical (unpaired) electrons. The van der Waals surface area contributed by atoms with Crippen molar-refractivity contribution in [2.24, 2.45) is 11.8 Å². The molecule has 0 aliphatic carbocycles. The van der Waals surface area contributed by atoms with Crippen LogP contribution in [-0.2, 0) is 9.47 Å². The molecule has 3 heterocycles. The molecular weight excluding hydrogens is 456 g/mol. The SMILES string of the molecule is Cc1c(Nc2ccc(C#N)cc2Cl)ccnc1OC1C2COCC1CN(C(=O)OC(C)(C)C)C2. The average molecular weight is 485 g/mol. The van der Waals surface area contributed by atoms with Crippen molar-refractivity contribution in [3.8, 4) is 11.9 Å². The number of hydrogen-bond donors (Lipinski definition) is 1. The number of piperidine rings is 1. The minimum absolute atomic E-state index is 0.0193. The van der Waals surface area contributed by atoms with E-state index < -0.39 is 5.60 Å². The molecular formula is C25H29ClN4O4. The molecule has 1 aromatic heterocycles. The van der Waals surface area contributed by atoms with Gasteiger partial charge in [0.15, 0.2) is 0 Å². The summed E-state index contributed by atoms with van der Waals surface area (Å²) in [5, 5.41) is 12.8. The lowest BCUT2D eigenvalue weighted by Gasteiger charge is -2.46. The number of aromatic nitrogens is 1. The lowest BCUT2D eigenvalue weighted by Crippen LogP contribution is -2.59. The first-order valence-electron chi connectivity index (χ1n) is 11.3. The number of anilines is 2. The Hall–Kier alpha value is -3.02. The van der Waals surface area contributed by atoms with Crippen LogP contribution in [0.3, 0.4) is 0 Å². The molecule has 2 aliphatic rings. The first-order valence-corrected chi connectivity index (χ1v) is 11.7. The predicted molar refractivity (Wildman–Crippen MR) is 128 cm³/mol. The first-order chi connectivity index (χ1) is 16.1. The third-order valence-corrected chi connectivity index (χ3v) is 6.24. The molecule has 9 heteroatoms. The Labute approximate surface area is 204 Å². The molecule has 2 fully saturated rings. The zero-order valence-electron chi connectivity index (χ0n) is 19.8. The zero-order chi connectivity index (χ0) is 24.5. The number of nitrogens with one attached hydrogen (secondary N) is 1. The topological polar surface area (TPSA) is 96.7 Å². The van der Waals surface area contributed by atoms with Gasteiger partial charge in [-0.1, -0.05) is 11.6 Å². The van der Waals surface area contributed by atoms with Gasteiger partial charge < -0.3 is 24.4 Å². The number of nitriles is 1. The van der Waals surface area contributed by atoms with Crippen LogP contribution in [0.5, 0.6) is 5.88 Å². The van der Waals surface area contributed by atoms with E-state index in [-0.39, 0.29) is 24.0 Å². The van der Waals surface area contributed by atoms with Crippen molar-refractivity contribution in [1.29, 1.82) is 5.26 Å². The van der Waals surface area contributed by atoms with Crippen LogP contribution in [0.25, 0.3) is 0 Å². The molecule has 8 nitrogen and oxygen atoms in total. The van der Waals surface area contributed by atoms with E-state index in [1.54, 1.807) is 29.3 Å². The number of halogens is 1. The number of fused-ring (bicyclic) bond motifs is 2. The van der Waals surface area contributed by atoms with Gasteiger partial charge in [-0.05, 0) is 52.0 Å². The Morgan fingerprint density at radius 3 is 2.56 bits per heavy atom. The Morgan fingerprint density at radius 1 is 1.24 bits per heavy atom. The van der Waals surface area contributed by atoms with E-state index in [0.29, 0.717) is 48.5 Å². The van der Waals surface area contributed by atoms with Crippen LogP contribution in [-0.4, -0.2) is 54.0 Å². The lowest BCUT2D eigenvalue weighted by atomic mass is 9.84. The van der Waals surface area contributed by atoms with Crippen molar-refractivity contribution < 1.29 is 19.0 Å². The van der Waals surface area contributed by atoms with Crippen LogP contribution in [0, 0.1) is 30.1 Å². The van der Waals surface area contributed by atoms with E-state index in [4.69, 9.17) is 31.1 Å². The fraction of sp³-hybridized carbons (Fsp3) is 0.480. The number of nitrogens with zero attached hydrogens (tertiary/aromatic N) is 3. The van der Waals surface area contributed by atoms with Gasteiger partial charge >= 0.3 is 6.09 Å². The summed E-state index contributed by atoms with van der Waals surface area (Å²) in [6, 6.07) is 9.04. The highest BCUT2D eigenvalue weighted by Crippen LogP contribution is 2.35. The fourth-order valence-electron chi connectivity index (χ4n) is 4.30. The standard InChI is InChI=1S/C25H29ClN4O4/c1-15-20(29-21-6-5-16(10-27)9-19(21)26)7-8-28-23(15)33-22-17-11-30(12-18(22)14-32-13-17)24(31)34-25(2,3)4/h5-9,17-18,22H,11-14H2,1-4H3,(H,28,29). The summed E-state index contributed by atoms with van der Waals surface area (Å²) in [5.74, 6) is 0.569. The number of hydrogen-bond acceptors (Lipinski definition) is 7. The smallest absolute Gasteiger partial charge is 0.410 e. The van der Waals surface area contributed by atoms with Crippen LogP contribution >= 0.6 is 11.6 Å². The molecule has 34 heavy (non-hydrogen) atoms. The van der Waals surface area contributed by atoms with Crippen molar-refractivity contribution in [1.82, 2.24) is 9.88 Å². The second-order valence-corrected chi connectivity index (χ2v) is 10.2. The maximum absolute atomic E-state index is 12.6. The molecule has 0 spiro atoms. The van der Waals surface area contributed by atoms with Gasteiger partial charge in [0.2, 0.25) is 5.88 Å². The normalized spacial score (nSPS) is 22.0. The monoisotopic (exact) mass is 484 g/mol. The predicted octanol–water partition coefficient (Wildman–Crippen LogP) is 4.92. The highest BCUT2D eigenvalue weighted by atomic mass is 35.5. The lowest BCUT2D eigenvalue weighted by molar-refractivity contribution is -0.113. The van der Waals surface area contributed by atoms with Gasteiger partial charge in [-0.3, -0.25) is 0 Å². The van der Waals surface area contributed by atoms with Crippen molar-refractivity contribution >= 4 is 29.1 Å². The molecule has 2 aliphatic heterocycles. The fourth-order valence-corrected chi connectivity index (χ4v) is 4.53. The summed E-state index contributed by atoms with van der Waals surface area (Å²) in [4.78, 5) is 18.9. The Bertz CT molecular complexity index is 1100. The number of rotatable bonds is 4. The molecule has 180 valence electrons. The number of amides is 1. The average Bonchev–Trinajstić information content (AvgIpc) is 2.76. The Kier molecular flexibility index (Phi) is 6.87. The Balaban J connectivity index is 1.49. The third kappa shape index (κ3) is 5.37. The van der Waals surface area contributed by atoms with Crippen molar-refractivity contribution in [3.63, 3.8) is 0 Å². The molecule has 1 amide bonds. The summed E-state index contributed by atoms with van der Waals surface area (Å²) in [6.07, 6.45) is 1.26. The molecule has 2 aromatic rings. The first kappa shape index (κ1) is 24.1. The van der Waals surface area contributed by atoms with E-state index in [0.717, 1.165) is 11.3 Å². The third-order valence-electron chi connectivity index (χ3n) is 5.93. The number of carbonyl (C=O) groups is 1. The van der Waals surface area contributed by atoms with E-state index in [1.807, 2.05) is 33.8 Å². The maximum atomic E-state index is 12.6. The minimum atomic E-state index is -0.539. The molecule has 1 aromatic carbocycles. The van der Waals surface area contributed by atoms with Gasteiger partial charge in [-0.15, -0.1) is 0 Å². The summed E-state index contributed by atoms with van der Waals surface area (Å²) in [6.45, 7) is 9.57. The maximum Gasteiger partial charge on any atom is 0.410 e. The molecule has 2 bridgehead atoms. The minimum Gasteiger partial charge on any atom is -0.473 e. The number of carbonyl (C=O) groups excluding carboxylic acids is 1. The van der Waals surface area contributed by atoms with Crippen LogP contribution in [0.1, 0.15) is 31.9 Å². The highest BCUT2D eigenvalue weighted by Gasteiger charge is 2.44. The number of ether oxygens (including phenoxy) is 3. The highest BCUT2D eigenvalue weighted by molar-refractivity contribution is 6.33. The molecule has 2 unspecified atom stereocenters. The summed E-state index contributed by atoms with van der Waals surface area (Å²) in [5.41, 5.74) is 2.30. The van der Waals surface area contributed by atoms with Crippen LogP contribution in [0.2, 0.25) is 5.02 Å². The second-order valence-electron chi connectivity index (χ2n) is 9.75. The van der Waals surface area contributed by atoms with Gasteiger partial charge in [-0.25, -0.2) is 9.78 Å². The Morgan fingerprint density at radius 2 is 1.94 bits per heavy atom. The van der Waals surface area contributed by atoms with Crippen LogP contribution in [0.4, 0.5) is 16.2 Å². The van der Waals surface area contributed by atoms with E-state index >= 15 is 0 Å². The number of pyridine rings is 1. The summed E-state index contributed by atoms with van der Waals surface area (Å²) >= 11 is 6.33. The van der Waals surface area contributed by atoms with Crippen LogP contribution < -0.4 is 10.1 Å². The molecule has 2 atom stereocenters.